The maximum Gasteiger partial charge on any atom is 0.125 e. The van der Waals surface area contributed by atoms with Gasteiger partial charge in [-0.05, 0) is 72.3 Å². The number of phenols is 1. The molecule has 0 spiro atoms. The second-order valence-electron chi connectivity index (χ2n) is 7.12. The summed E-state index contributed by atoms with van der Waals surface area (Å²) in [5.74, 6) is 1.71. The van der Waals surface area contributed by atoms with E-state index in [4.69, 9.17) is 21.1 Å². The normalized spacial score (nSPS) is 18.1. The number of hydrogen-bond donors (Lipinski definition) is 3. The molecule has 2 atom stereocenters. The predicted octanol–water partition coefficient (Wildman–Crippen LogP) is 5.80. The van der Waals surface area contributed by atoms with Crippen LogP contribution in [0.15, 0.2) is 71.2 Å². The van der Waals surface area contributed by atoms with Gasteiger partial charge in [-0.3, -0.25) is 5.32 Å². The lowest BCUT2D eigenvalue weighted by atomic mass is 9.97. The molecule has 1 heterocycles. The van der Waals surface area contributed by atoms with E-state index >= 15 is 0 Å². The minimum absolute atomic E-state index is 0.175. The zero-order chi connectivity index (χ0) is 22.0. The maximum absolute atomic E-state index is 10.5. The van der Waals surface area contributed by atoms with Gasteiger partial charge in [-0.15, -0.1) is 0 Å². The van der Waals surface area contributed by atoms with Gasteiger partial charge in [-0.1, -0.05) is 27.5 Å². The van der Waals surface area contributed by atoms with E-state index < -0.39 is 0 Å². The van der Waals surface area contributed by atoms with Crippen LogP contribution in [0, 0.1) is 0 Å². The monoisotopic (exact) mass is 500 g/mol. The molecule has 31 heavy (non-hydrogen) atoms. The van der Waals surface area contributed by atoms with Crippen LogP contribution < -0.4 is 20.1 Å². The number of rotatable bonds is 5. The smallest absolute Gasteiger partial charge is 0.125 e. The molecule has 0 fully saturated rings. The van der Waals surface area contributed by atoms with Gasteiger partial charge >= 0.3 is 0 Å². The molecule has 0 aromatic heterocycles. The molecular formula is C24H22BrClN2O3. The number of ether oxygens (including phenoxy) is 2. The second kappa shape index (κ2) is 9.22. The lowest BCUT2D eigenvalue weighted by Gasteiger charge is -2.34. The third kappa shape index (κ3) is 4.66. The highest BCUT2D eigenvalue weighted by Crippen LogP contribution is 2.37. The molecule has 1 aliphatic heterocycles. The van der Waals surface area contributed by atoms with Gasteiger partial charge in [0.25, 0.3) is 0 Å². The third-order valence-electron chi connectivity index (χ3n) is 5.21. The van der Waals surface area contributed by atoms with Crippen molar-refractivity contribution in [2.45, 2.75) is 12.2 Å². The summed E-state index contributed by atoms with van der Waals surface area (Å²) < 4.78 is 11.8. The van der Waals surface area contributed by atoms with Crippen molar-refractivity contribution < 1.29 is 14.6 Å². The van der Waals surface area contributed by atoms with E-state index in [0.29, 0.717) is 10.6 Å². The molecule has 0 saturated heterocycles. The van der Waals surface area contributed by atoms with E-state index in [1.54, 1.807) is 32.4 Å². The molecule has 160 valence electrons. The summed E-state index contributed by atoms with van der Waals surface area (Å²) in [5.41, 5.74) is 3.53. The van der Waals surface area contributed by atoms with Gasteiger partial charge < -0.3 is 19.9 Å². The van der Waals surface area contributed by atoms with Crippen LogP contribution in [0.5, 0.6) is 17.2 Å². The molecule has 3 N–H and O–H groups in total. The van der Waals surface area contributed by atoms with Crippen LogP contribution in [-0.2, 0) is 0 Å². The first kappa shape index (κ1) is 21.6. The molecule has 5 nitrogen and oxygen atoms in total. The number of nitrogens with one attached hydrogen (secondary N) is 2. The van der Waals surface area contributed by atoms with Crippen LogP contribution in [0.25, 0.3) is 5.70 Å². The Balaban J connectivity index is 1.80. The van der Waals surface area contributed by atoms with Crippen molar-refractivity contribution in [3.8, 4) is 17.2 Å². The summed E-state index contributed by atoms with van der Waals surface area (Å²) in [6.07, 6.45) is 1.76. The fraction of sp³-hybridized carbons (Fsp3) is 0.167. The lowest BCUT2D eigenvalue weighted by molar-refractivity contribution is 0.379. The Morgan fingerprint density at radius 1 is 0.935 bits per heavy atom. The Hall–Kier alpha value is -2.67. The van der Waals surface area contributed by atoms with Crippen LogP contribution in [-0.4, -0.2) is 19.3 Å². The molecule has 2 unspecified atom stereocenters. The van der Waals surface area contributed by atoms with Crippen molar-refractivity contribution in [3.63, 3.8) is 0 Å². The highest BCUT2D eigenvalue weighted by Gasteiger charge is 2.27. The quantitative estimate of drug-likeness (QED) is 0.412. The van der Waals surface area contributed by atoms with Gasteiger partial charge in [0.1, 0.15) is 23.4 Å². The van der Waals surface area contributed by atoms with E-state index in [-0.39, 0.29) is 18.0 Å². The van der Waals surface area contributed by atoms with Gasteiger partial charge in [0, 0.05) is 26.3 Å². The predicted molar refractivity (Wildman–Crippen MR) is 127 cm³/mol. The summed E-state index contributed by atoms with van der Waals surface area (Å²) in [6.45, 7) is 0. The first-order valence-electron chi connectivity index (χ1n) is 9.69. The molecule has 0 radical (unpaired) electrons. The summed E-state index contributed by atoms with van der Waals surface area (Å²) in [7, 11) is 3.29. The Morgan fingerprint density at radius 3 is 2.42 bits per heavy atom. The summed E-state index contributed by atoms with van der Waals surface area (Å²) >= 11 is 9.78. The summed E-state index contributed by atoms with van der Waals surface area (Å²) in [4.78, 5) is 0. The fourth-order valence-corrected chi connectivity index (χ4v) is 4.20. The fourth-order valence-electron chi connectivity index (χ4n) is 3.64. The number of methoxy groups -OCH3 is 2. The number of halogens is 2. The van der Waals surface area contributed by atoms with E-state index in [2.05, 4.69) is 26.6 Å². The van der Waals surface area contributed by atoms with Gasteiger partial charge in [0.05, 0.1) is 20.3 Å². The van der Waals surface area contributed by atoms with E-state index in [0.717, 1.165) is 32.8 Å². The van der Waals surface area contributed by atoms with E-state index in [1.165, 1.54) is 0 Å². The summed E-state index contributed by atoms with van der Waals surface area (Å²) in [5, 5.41) is 18.2. The van der Waals surface area contributed by atoms with E-state index in [9.17, 15) is 5.11 Å². The molecular weight excluding hydrogens is 480 g/mol. The molecule has 0 saturated carbocycles. The zero-order valence-electron chi connectivity index (χ0n) is 17.0. The molecule has 3 aromatic carbocycles. The minimum Gasteiger partial charge on any atom is -0.508 e. The highest BCUT2D eigenvalue weighted by molar-refractivity contribution is 9.10. The Kier molecular flexibility index (Phi) is 6.41. The van der Waals surface area contributed by atoms with Crippen LogP contribution in [0.4, 0.5) is 0 Å². The van der Waals surface area contributed by atoms with E-state index in [1.807, 2.05) is 48.5 Å². The van der Waals surface area contributed by atoms with Crippen molar-refractivity contribution in [1.82, 2.24) is 10.6 Å². The van der Waals surface area contributed by atoms with Crippen LogP contribution in [0.1, 0.15) is 28.9 Å². The number of aromatic hydroxyl groups is 1. The molecule has 0 bridgehead atoms. The second-order valence-corrected chi connectivity index (χ2v) is 8.47. The molecule has 7 heteroatoms. The third-order valence-corrected chi connectivity index (χ3v) is 5.94. The number of hydrogen-bond acceptors (Lipinski definition) is 5. The van der Waals surface area contributed by atoms with Crippen LogP contribution in [0.3, 0.4) is 0 Å². The van der Waals surface area contributed by atoms with Gasteiger partial charge in [0.15, 0.2) is 0 Å². The van der Waals surface area contributed by atoms with Crippen molar-refractivity contribution in [2.24, 2.45) is 0 Å². The van der Waals surface area contributed by atoms with Crippen LogP contribution in [0.2, 0.25) is 5.02 Å². The number of phenolic OH excluding ortho intramolecular Hbond substituents is 1. The number of benzene rings is 3. The average molecular weight is 502 g/mol. The van der Waals surface area contributed by atoms with Crippen LogP contribution >= 0.6 is 27.5 Å². The molecule has 0 amide bonds. The lowest BCUT2D eigenvalue weighted by Crippen LogP contribution is -2.39. The molecule has 0 aliphatic carbocycles. The van der Waals surface area contributed by atoms with Crippen molar-refractivity contribution in [3.05, 3.63) is 92.9 Å². The first-order valence-corrected chi connectivity index (χ1v) is 10.9. The highest BCUT2D eigenvalue weighted by atomic mass is 79.9. The Labute approximate surface area is 194 Å². The Morgan fingerprint density at radius 2 is 1.71 bits per heavy atom. The zero-order valence-corrected chi connectivity index (χ0v) is 19.4. The Bertz CT molecular complexity index is 1120. The van der Waals surface area contributed by atoms with Crippen molar-refractivity contribution in [1.29, 1.82) is 0 Å². The van der Waals surface area contributed by atoms with Gasteiger partial charge in [0.2, 0.25) is 0 Å². The van der Waals surface area contributed by atoms with Gasteiger partial charge in [-0.25, -0.2) is 0 Å². The minimum atomic E-state index is -0.286. The van der Waals surface area contributed by atoms with Gasteiger partial charge in [-0.2, -0.15) is 0 Å². The molecule has 4 rings (SSSR count). The standard InChI is InChI=1S/C24H22BrClN2O3/c1-30-17-7-3-14(4-8-17)20-13-21(18-12-16(26)6-9-22(18)29)28-24(27-20)19-11-15(25)5-10-23(19)31-2/h3-13,21,24,27-29H,1-2H3. The maximum atomic E-state index is 10.5. The average Bonchev–Trinajstić information content (AvgIpc) is 2.80. The summed E-state index contributed by atoms with van der Waals surface area (Å²) in [6, 6.07) is 18.5. The molecule has 3 aromatic rings. The largest absolute Gasteiger partial charge is 0.508 e. The molecule has 1 aliphatic rings. The topological polar surface area (TPSA) is 62.8 Å². The first-order chi connectivity index (χ1) is 15.0. The SMILES string of the molecule is COc1ccc(C2=CC(c3cc(Cl)ccc3O)NC(c3cc(Br)ccc3OC)N2)cc1. The van der Waals surface area contributed by atoms with Crippen molar-refractivity contribution >= 4 is 33.2 Å². The van der Waals surface area contributed by atoms with Crippen molar-refractivity contribution in [2.75, 3.05) is 14.2 Å².